The molecular weight excluding hydrogens is 176 g/mol. The first-order chi connectivity index (χ1) is 5.58. The van der Waals surface area contributed by atoms with E-state index in [1.165, 1.54) is 0 Å². The second-order valence-corrected chi connectivity index (χ2v) is 5.96. The summed E-state index contributed by atoms with van der Waals surface area (Å²) < 4.78 is 15.0. The molecular formula is C7H16O4Si. The lowest BCUT2D eigenvalue weighted by Crippen LogP contribution is -2.38. The minimum atomic E-state index is -2.27. The summed E-state index contributed by atoms with van der Waals surface area (Å²) in [4.78, 5) is 11.0. The second kappa shape index (κ2) is 5.29. The largest absolute Gasteiger partial charge is 0.466 e. The van der Waals surface area contributed by atoms with Gasteiger partial charge in [-0.05, 0) is 13.5 Å². The fraction of sp³-hybridized carbons (Fsp3) is 0.857. The van der Waals surface area contributed by atoms with E-state index in [1.54, 1.807) is 21.1 Å². The molecule has 4 nitrogen and oxygen atoms in total. The van der Waals surface area contributed by atoms with E-state index in [9.17, 15) is 4.79 Å². The normalized spacial score (nSPS) is 11.3. The van der Waals surface area contributed by atoms with Gasteiger partial charge in [0.05, 0.1) is 12.7 Å². The van der Waals surface area contributed by atoms with Crippen molar-refractivity contribution in [3.63, 3.8) is 0 Å². The van der Waals surface area contributed by atoms with Gasteiger partial charge in [0, 0.05) is 14.2 Å². The summed E-state index contributed by atoms with van der Waals surface area (Å²) in [6.07, 6.45) is 0. The van der Waals surface area contributed by atoms with E-state index in [0.717, 1.165) is 0 Å². The average Bonchev–Trinajstić information content (AvgIpc) is 2.05. The van der Waals surface area contributed by atoms with Crippen molar-refractivity contribution < 1.29 is 18.4 Å². The van der Waals surface area contributed by atoms with Crippen LogP contribution in [0.4, 0.5) is 0 Å². The van der Waals surface area contributed by atoms with Crippen LogP contribution >= 0.6 is 0 Å². The molecule has 0 amide bonds. The number of hydrogen-bond acceptors (Lipinski definition) is 4. The van der Waals surface area contributed by atoms with Crippen molar-refractivity contribution in [3.8, 4) is 0 Å². The highest BCUT2D eigenvalue weighted by Crippen LogP contribution is 2.11. The van der Waals surface area contributed by atoms with Crippen LogP contribution in [0.2, 0.25) is 12.6 Å². The Hall–Kier alpha value is -0.393. The van der Waals surface area contributed by atoms with Gasteiger partial charge in [0.15, 0.2) is 0 Å². The zero-order chi connectivity index (χ0) is 9.61. The summed E-state index contributed by atoms with van der Waals surface area (Å²) >= 11 is 0. The van der Waals surface area contributed by atoms with Crippen LogP contribution < -0.4 is 0 Å². The van der Waals surface area contributed by atoms with Crippen LogP contribution in [0.25, 0.3) is 0 Å². The van der Waals surface area contributed by atoms with Crippen LogP contribution in [0.3, 0.4) is 0 Å². The van der Waals surface area contributed by atoms with E-state index in [1.807, 2.05) is 6.55 Å². The molecule has 0 aromatic carbocycles. The van der Waals surface area contributed by atoms with E-state index >= 15 is 0 Å². The number of carbonyl (C=O) groups is 1. The van der Waals surface area contributed by atoms with Gasteiger partial charge in [0.25, 0.3) is 0 Å². The van der Waals surface area contributed by atoms with E-state index in [4.69, 9.17) is 13.6 Å². The molecule has 0 atom stereocenters. The van der Waals surface area contributed by atoms with Crippen molar-refractivity contribution in [2.45, 2.75) is 19.5 Å². The monoisotopic (exact) mass is 192 g/mol. The topological polar surface area (TPSA) is 44.8 Å². The Kier molecular flexibility index (Phi) is 5.11. The molecule has 0 aliphatic rings. The first-order valence-corrected chi connectivity index (χ1v) is 6.36. The van der Waals surface area contributed by atoms with Gasteiger partial charge in [0.1, 0.15) is 0 Å². The van der Waals surface area contributed by atoms with E-state index in [0.29, 0.717) is 6.61 Å². The molecule has 0 spiro atoms. The molecule has 0 aromatic heterocycles. The molecule has 0 aliphatic heterocycles. The van der Waals surface area contributed by atoms with E-state index in [2.05, 4.69) is 0 Å². The Bertz CT molecular complexity index is 144. The van der Waals surface area contributed by atoms with Gasteiger partial charge < -0.3 is 13.6 Å². The van der Waals surface area contributed by atoms with Crippen LogP contribution in [-0.4, -0.2) is 35.4 Å². The summed E-state index contributed by atoms with van der Waals surface area (Å²) in [6.45, 7) is 4.00. The molecule has 0 saturated carbocycles. The summed E-state index contributed by atoms with van der Waals surface area (Å²) in [5.74, 6) is -0.254. The molecule has 0 radical (unpaired) electrons. The van der Waals surface area contributed by atoms with Crippen LogP contribution in [-0.2, 0) is 18.4 Å². The quantitative estimate of drug-likeness (QED) is 0.480. The molecule has 0 bridgehead atoms. The van der Waals surface area contributed by atoms with Crippen molar-refractivity contribution >= 4 is 14.5 Å². The lowest BCUT2D eigenvalue weighted by molar-refractivity contribution is -0.140. The third kappa shape index (κ3) is 3.84. The number of carbonyl (C=O) groups excluding carboxylic acids is 1. The fourth-order valence-corrected chi connectivity index (χ4v) is 1.78. The minimum absolute atomic E-state index is 0.244. The van der Waals surface area contributed by atoms with Gasteiger partial charge in [-0.15, -0.1) is 0 Å². The maximum atomic E-state index is 11.0. The summed E-state index contributed by atoms with van der Waals surface area (Å²) in [5.41, 5.74) is 0. The summed E-state index contributed by atoms with van der Waals surface area (Å²) in [5, 5.41) is 0. The van der Waals surface area contributed by atoms with Crippen LogP contribution in [0.1, 0.15) is 6.92 Å². The fourth-order valence-electron chi connectivity index (χ4n) is 0.702. The number of hydrogen-bond donors (Lipinski definition) is 0. The van der Waals surface area contributed by atoms with Crippen LogP contribution in [0.5, 0.6) is 0 Å². The molecule has 0 heterocycles. The number of ether oxygens (including phenoxy) is 1. The Morgan fingerprint density at radius 2 is 1.83 bits per heavy atom. The average molecular weight is 192 g/mol. The van der Waals surface area contributed by atoms with Crippen LogP contribution in [0.15, 0.2) is 0 Å². The molecule has 72 valence electrons. The second-order valence-electron chi connectivity index (χ2n) is 2.52. The highest BCUT2D eigenvalue weighted by Gasteiger charge is 2.32. The standard InChI is InChI=1S/C7H16O4Si/c1-5-11-7(8)6-12(4,9-2)10-3/h5-6H2,1-4H3. The third-order valence-corrected chi connectivity index (χ3v) is 4.29. The zero-order valence-corrected chi connectivity index (χ0v) is 9.05. The molecule has 0 N–H and O–H groups in total. The van der Waals surface area contributed by atoms with Gasteiger partial charge in [-0.2, -0.15) is 0 Å². The van der Waals surface area contributed by atoms with Gasteiger partial charge in [-0.3, -0.25) is 4.79 Å². The van der Waals surface area contributed by atoms with Crippen molar-refractivity contribution in [1.29, 1.82) is 0 Å². The predicted molar refractivity (Wildman–Crippen MR) is 47.1 cm³/mol. The Balaban J connectivity index is 3.93. The Morgan fingerprint density at radius 3 is 2.17 bits per heavy atom. The van der Waals surface area contributed by atoms with Crippen molar-refractivity contribution in [2.24, 2.45) is 0 Å². The van der Waals surface area contributed by atoms with Crippen molar-refractivity contribution in [3.05, 3.63) is 0 Å². The third-order valence-electron chi connectivity index (χ3n) is 1.63. The molecule has 0 rings (SSSR count). The van der Waals surface area contributed by atoms with Gasteiger partial charge in [0.2, 0.25) is 0 Å². The summed E-state index contributed by atoms with van der Waals surface area (Å²) in [6, 6.07) is 0.244. The summed E-state index contributed by atoms with van der Waals surface area (Å²) in [7, 11) is 0.829. The molecule has 0 aromatic rings. The maximum Gasteiger partial charge on any atom is 0.345 e. The number of esters is 1. The number of rotatable bonds is 5. The molecule has 12 heavy (non-hydrogen) atoms. The minimum Gasteiger partial charge on any atom is -0.466 e. The van der Waals surface area contributed by atoms with Crippen molar-refractivity contribution in [2.75, 3.05) is 20.8 Å². The zero-order valence-electron chi connectivity index (χ0n) is 8.05. The highest BCUT2D eigenvalue weighted by atomic mass is 28.4. The van der Waals surface area contributed by atoms with E-state index in [-0.39, 0.29) is 12.0 Å². The van der Waals surface area contributed by atoms with Crippen LogP contribution in [0, 0.1) is 0 Å². The molecule has 0 unspecified atom stereocenters. The molecule has 0 fully saturated rings. The maximum absolute atomic E-state index is 11.0. The first-order valence-electron chi connectivity index (χ1n) is 3.84. The highest BCUT2D eigenvalue weighted by molar-refractivity contribution is 6.69. The lowest BCUT2D eigenvalue weighted by Gasteiger charge is -2.21. The van der Waals surface area contributed by atoms with Gasteiger partial charge >= 0.3 is 14.5 Å². The Labute approximate surface area is 74.1 Å². The van der Waals surface area contributed by atoms with E-state index < -0.39 is 8.56 Å². The molecule has 5 heteroatoms. The molecule has 0 saturated heterocycles. The Morgan fingerprint density at radius 1 is 1.33 bits per heavy atom. The predicted octanol–water partition coefficient (Wildman–Crippen LogP) is 0.914. The van der Waals surface area contributed by atoms with Gasteiger partial charge in [-0.1, -0.05) is 0 Å². The van der Waals surface area contributed by atoms with Crippen molar-refractivity contribution in [1.82, 2.24) is 0 Å². The first kappa shape index (κ1) is 11.6. The van der Waals surface area contributed by atoms with Gasteiger partial charge in [-0.25, -0.2) is 0 Å². The molecule has 0 aliphatic carbocycles. The SMILES string of the molecule is CCOC(=O)C[Si](C)(OC)OC. The smallest absolute Gasteiger partial charge is 0.345 e. The lowest BCUT2D eigenvalue weighted by atomic mass is 10.8.